The van der Waals surface area contributed by atoms with Crippen molar-refractivity contribution in [3.63, 3.8) is 0 Å². The van der Waals surface area contributed by atoms with E-state index in [9.17, 15) is 9.59 Å². The molecule has 0 bridgehead atoms. The number of carbonyl (C=O) groups excluding carboxylic acids is 2. The van der Waals surface area contributed by atoms with E-state index in [-0.39, 0.29) is 18.2 Å². The van der Waals surface area contributed by atoms with Crippen molar-refractivity contribution < 1.29 is 19.1 Å². The van der Waals surface area contributed by atoms with Gasteiger partial charge in [-0.3, -0.25) is 9.59 Å². The van der Waals surface area contributed by atoms with Crippen LogP contribution in [0.2, 0.25) is 0 Å². The monoisotopic (exact) mass is 396 g/mol. The second-order valence-corrected chi connectivity index (χ2v) is 7.06. The minimum atomic E-state index is -0.142. The molecule has 1 aliphatic rings. The minimum Gasteiger partial charge on any atom is -0.493 e. The maximum absolute atomic E-state index is 12.3. The third-order valence-electron chi connectivity index (χ3n) is 4.91. The highest BCUT2D eigenvalue weighted by molar-refractivity contribution is 5.99. The van der Waals surface area contributed by atoms with Crippen LogP contribution in [0.1, 0.15) is 28.8 Å². The minimum absolute atomic E-state index is 0.00832. The van der Waals surface area contributed by atoms with Crippen LogP contribution in [0.5, 0.6) is 5.75 Å². The maximum Gasteiger partial charge on any atom is 0.220 e. The zero-order valence-electron chi connectivity index (χ0n) is 16.9. The van der Waals surface area contributed by atoms with Gasteiger partial charge in [-0.2, -0.15) is 0 Å². The van der Waals surface area contributed by atoms with Gasteiger partial charge in [-0.25, -0.2) is 0 Å². The van der Waals surface area contributed by atoms with E-state index in [0.717, 1.165) is 43.3 Å². The molecule has 2 aromatic carbocycles. The molecular weight excluding hydrogens is 368 g/mol. The average Bonchev–Trinajstić information content (AvgIpc) is 2.77. The molecule has 1 heterocycles. The molecule has 1 amide bonds. The Balaban J connectivity index is 1.36. The van der Waals surface area contributed by atoms with Crippen LogP contribution >= 0.6 is 0 Å². The van der Waals surface area contributed by atoms with Crippen molar-refractivity contribution in [2.75, 3.05) is 44.4 Å². The van der Waals surface area contributed by atoms with E-state index in [2.05, 4.69) is 10.2 Å². The number of ether oxygens (including phenoxy) is 2. The zero-order valence-corrected chi connectivity index (χ0v) is 16.9. The Morgan fingerprint density at radius 2 is 1.79 bits per heavy atom. The highest BCUT2D eigenvalue weighted by Crippen LogP contribution is 2.17. The van der Waals surface area contributed by atoms with Crippen molar-refractivity contribution in [1.29, 1.82) is 0 Å². The molecule has 0 spiro atoms. The van der Waals surface area contributed by atoms with Gasteiger partial charge in [0.25, 0.3) is 0 Å². The largest absolute Gasteiger partial charge is 0.493 e. The topological polar surface area (TPSA) is 67.9 Å². The quantitative estimate of drug-likeness (QED) is 0.521. The van der Waals surface area contributed by atoms with Gasteiger partial charge >= 0.3 is 0 Å². The number of nitrogens with one attached hydrogen (secondary N) is 1. The van der Waals surface area contributed by atoms with Crippen LogP contribution in [0.4, 0.5) is 5.69 Å². The number of para-hydroxylation sites is 1. The summed E-state index contributed by atoms with van der Waals surface area (Å²) in [5, 5.41) is 2.70. The Morgan fingerprint density at radius 3 is 2.52 bits per heavy atom. The number of carbonyl (C=O) groups is 2. The summed E-state index contributed by atoms with van der Waals surface area (Å²) < 4.78 is 11.0. The number of rotatable bonds is 9. The van der Waals surface area contributed by atoms with Gasteiger partial charge in [0.15, 0.2) is 5.78 Å². The summed E-state index contributed by atoms with van der Waals surface area (Å²) in [5.41, 5.74) is 2.76. The first-order valence-corrected chi connectivity index (χ1v) is 10.0. The number of aryl methyl sites for hydroxylation is 1. The number of nitrogens with zero attached hydrogens (tertiary/aromatic N) is 1. The number of benzene rings is 2. The van der Waals surface area contributed by atoms with E-state index < -0.39 is 0 Å². The molecule has 0 aromatic heterocycles. The second kappa shape index (κ2) is 10.6. The third-order valence-corrected chi connectivity index (χ3v) is 4.91. The van der Waals surface area contributed by atoms with Crippen LogP contribution in [0.25, 0.3) is 0 Å². The lowest BCUT2D eigenvalue weighted by Gasteiger charge is -2.28. The van der Waals surface area contributed by atoms with E-state index in [1.165, 1.54) is 0 Å². The lowest BCUT2D eigenvalue weighted by Crippen LogP contribution is -2.36. The van der Waals surface area contributed by atoms with E-state index in [0.29, 0.717) is 25.0 Å². The summed E-state index contributed by atoms with van der Waals surface area (Å²) in [4.78, 5) is 26.5. The number of ketones is 1. The van der Waals surface area contributed by atoms with Crippen LogP contribution in [-0.4, -0.2) is 51.1 Å². The van der Waals surface area contributed by atoms with E-state index in [4.69, 9.17) is 9.47 Å². The van der Waals surface area contributed by atoms with Crippen LogP contribution < -0.4 is 15.0 Å². The SMILES string of the molecule is Cc1ccccc1OCCCC(=O)NCC(=O)c1ccc(N2CCOCC2)cc1. The predicted octanol–water partition coefficient (Wildman–Crippen LogP) is 2.99. The molecule has 0 atom stereocenters. The standard InChI is InChI=1S/C23H28N2O4/c1-18-5-2-3-6-22(18)29-14-4-7-23(27)24-17-21(26)19-8-10-20(11-9-19)25-12-15-28-16-13-25/h2-3,5-6,8-11H,4,7,12-17H2,1H3,(H,24,27). The van der Waals surface area contributed by atoms with Crippen LogP contribution in [0.3, 0.4) is 0 Å². The van der Waals surface area contributed by atoms with Gasteiger partial charge in [0.1, 0.15) is 5.75 Å². The molecule has 1 saturated heterocycles. The Hall–Kier alpha value is -2.86. The highest BCUT2D eigenvalue weighted by Gasteiger charge is 2.13. The van der Waals surface area contributed by atoms with Crippen LogP contribution in [-0.2, 0) is 9.53 Å². The third kappa shape index (κ3) is 6.32. The molecule has 29 heavy (non-hydrogen) atoms. The molecule has 3 rings (SSSR count). The van der Waals surface area contributed by atoms with Crippen LogP contribution in [0.15, 0.2) is 48.5 Å². The van der Waals surface area contributed by atoms with Crippen molar-refractivity contribution in [1.82, 2.24) is 5.32 Å². The molecule has 0 aliphatic carbocycles. The molecule has 0 radical (unpaired) electrons. The summed E-state index contributed by atoms with van der Waals surface area (Å²) in [7, 11) is 0. The molecule has 2 aromatic rings. The number of hydrogen-bond donors (Lipinski definition) is 1. The lowest BCUT2D eigenvalue weighted by atomic mass is 10.1. The van der Waals surface area contributed by atoms with Gasteiger partial charge in [0.2, 0.25) is 5.91 Å². The molecule has 0 unspecified atom stereocenters. The van der Waals surface area contributed by atoms with Gasteiger partial charge in [-0.05, 0) is 49.2 Å². The average molecular weight is 396 g/mol. The van der Waals surface area contributed by atoms with Crippen molar-refractivity contribution >= 4 is 17.4 Å². The van der Waals surface area contributed by atoms with Gasteiger partial charge in [-0.1, -0.05) is 18.2 Å². The van der Waals surface area contributed by atoms with Gasteiger partial charge in [-0.15, -0.1) is 0 Å². The molecule has 1 fully saturated rings. The highest BCUT2D eigenvalue weighted by atomic mass is 16.5. The Labute approximate surface area is 171 Å². The van der Waals surface area contributed by atoms with Gasteiger partial charge in [0, 0.05) is 30.8 Å². The molecule has 154 valence electrons. The van der Waals surface area contributed by atoms with E-state index in [1.807, 2.05) is 55.5 Å². The number of anilines is 1. The molecule has 1 N–H and O–H groups in total. The fraction of sp³-hybridized carbons (Fsp3) is 0.391. The first kappa shape index (κ1) is 20.9. The summed E-state index contributed by atoms with van der Waals surface area (Å²) in [6.07, 6.45) is 0.928. The number of hydrogen-bond acceptors (Lipinski definition) is 5. The zero-order chi connectivity index (χ0) is 20.5. The summed E-state index contributed by atoms with van der Waals surface area (Å²) in [5.74, 6) is 0.600. The fourth-order valence-corrected chi connectivity index (χ4v) is 3.18. The molecule has 1 aliphatic heterocycles. The summed E-state index contributed by atoms with van der Waals surface area (Å²) >= 11 is 0. The van der Waals surface area contributed by atoms with Gasteiger partial charge < -0.3 is 19.7 Å². The molecule has 6 nitrogen and oxygen atoms in total. The first-order valence-electron chi connectivity index (χ1n) is 10.0. The smallest absolute Gasteiger partial charge is 0.220 e. The van der Waals surface area contributed by atoms with Gasteiger partial charge in [0.05, 0.1) is 26.4 Å². The summed E-state index contributed by atoms with van der Waals surface area (Å²) in [6, 6.07) is 15.3. The Kier molecular flexibility index (Phi) is 7.64. The molecule has 0 saturated carbocycles. The lowest BCUT2D eigenvalue weighted by molar-refractivity contribution is -0.121. The number of amides is 1. The maximum atomic E-state index is 12.3. The predicted molar refractivity (Wildman–Crippen MR) is 113 cm³/mol. The first-order chi connectivity index (χ1) is 14.1. The van der Waals surface area contributed by atoms with E-state index in [1.54, 1.807) is 0 Å². The Morgan fingerprint density at radius 1 is 1.07 bits per heavy atom. The van der Waals surface area contributed by atoms with Crippen molar-refractivity contribution in [2.24, 2.45) is 0 Å². The molecular formula is C23H28N2O4. The normalized spacial score (nSPS) is 13.8. The van der Waals surface area contributed by atoms with E-state index >= 15 is 0 Å². The van der Waals surface area contributed by atoms with Crippen molar-refractivity contribution in [3.05, 3.63) is 59.7 Å². The number of morpholine rings is 1. The molecule has 6 heteroatoms. The van der Waals surface area contributed by atoms with Crippen LogP contribution in [0, 0.1) is 6.92 Å². The van der Waals surface area contributed by atoms with Crippen molar-refractivity contribution in [3.8, 4) is 5.75 Å². The summed E-state index contributed by atoms with van der Waals surface area (Å²) in [6.45, 7) is 5.63. The second-order valence-electron chi connectivity index (χ2n) is 7.06. The Bertz CT molecular complexity index is 814. The van der Waals surface area contributed by atoms with Crippen molar-refractivity contribution in [2.45, 2.75) is 19.8 Å². The number of Topliss-reactive ketones (excluding diaryl/α,β-unsaturated/α-hetero) is 1. The fourth-order valence-electron chi connectivity index (χ4n) is 3.18.